The SMILES string of the molecule is CCC(N)CC(=O)N(CCN(C)C)C1CCN(C)CC1. The molecule has 1 amide bonds. The summed E-state index contributed by atoms with van der Waals surface area (Å²) in [4.78, 5) is 19.1. The Labute approximate surface area is 124 Å². The van der Waals surface area contributed by atoms with Crippen LogP contribution in [0.15, 0.2) is 0 Å². The Bertz CT molecular complexity index is 288. The van der Waals surface area contributed by atoms with Crippen LogP contribution in [0.2, 0.25) is 0 Å². The summed E-state index contributed by atoms with van der Waals surface area (Å²) >= 11 is 0. The second-order valence-corrected chi connectivity index (χ2v) is 6.30. The van der Waals surface area contributed by atoms with Crippen molar-refractivity contribution in [3.8, 4) is 0 Å². The summed E-state index contributed by atoms with van der Waals surface area (Å²) in [6, 6.07) is 0.387. The zero-order chi connectivity index (χ0) is 15.1. The summed E-state index contributed by atoms with van der Waals surface area (Å²) in [7, 11) is 6.25. The maximum atomic E-state index is 12.5. The van der Waals surface area contributed by atoms with Gasteiger partial charge in [0.05, 0.1) is 0 Å². The summed E-state index contributed by atoms with van der Waals surface area (Å²) in [5, 5.41) is 0. The van der Waals surface area contributed by atoms with Gasteiger partial charge < -0.3 is 20.4 Å². The number of carbonyl (C=O) groups excluding carboxylic acids is 1. The van der Waals surface area contributed by atoms with E-state index in [4.69, 9.17) is 5.73 Å². The molecule has 1 saturated heterocycles. The van der Waals surface area contributed by atoms with Crippen LogP contribution in [0.25, 0.3) is 0 Å². The Hall–Kier alpha value is -0.650. The highest BCUT2D eigenvalue weighted by atomic mass is 16.2. The van der Waals surface area contributed by atoms with E-state index in [1.165, 1.54) is 0 Å². The van der Waals surface area contributed by atoms with Gasteiger partial charge in [0.2, 0.25) is 5.91 Å². The molecule has 5 heteroatoms. The van der Waals surface area contributed by atoms with Gasteiger partial charge in [-0.2, -0.15) is 0 Å². The molecule has 0 spiro atoms. The number of carbonyl (C=O) groups is 1. The largest absolute Gasteiger partial charge is 0.338 e. The van der Waals surface area contributed by atoms with Crippen molar-refractivity contribution in [2.45, 2.75) is 44.7 Å². The van der Waals surface area contributed by atoms with Crippen molar-refractivity contribution < 1.29 is 4.79 Å². The molecule has 1 heterocycles. The van der Waals surface area contributed by atoms with E-state index < -0.39 is 0 Å². The quantitative estimate of drug-likeness (QED) is 0.744. The number of amides is 1. The lowest BCUT2D eigenvalue weighted by Gasteiger charge is -2.38. The lowest BCUT2D eigenvalue weighted by atomic mass is 10.0. The number of hydrogen-bond donors (Lipinski definition) is 1. The average molecular weight is 284 g/mol. The van der Waals surface area contributed by atoms with E-state index in [1.807, 2.05) is 6.92 Å². The first-order valence-electron chi connectivity index (χ1n) is 7.82. The number of hydrogen-bond acceptors (Lipinski definition) is 4. The van der Waals surface area contributed by atoms with E-state index >= 15 is 0 Å². The smallest absolute Gasteiger partial charge is 0.224 e. The number of likely N-dealkylation sites (tertiary alicyclic amines) is 1. The van der Waals surface area contributed by atoms with E-state index in [0.29, 0.717) is 12.5 Å². The van der Waals surface area contributed by atoms with Crippen molar-refractivity contribution in [2.75, 3.05) is 47.3 Å². The summed E-state index contributed by atoms with van der Waals surface area (Å²) < 4.78 is 0. The van der Waals surface area contributed by atoms with E-state index in [2.05, 4.69) is 35.8 Å². The van der Waals surface area contributed by atoms with Crippen molar-refractivity contribution >= 4 is 5.91 Å². The fourth-order valence-electron chi connectivity index (χ4n) is 2.61. The van der Waals surface area contributed by atoms with Crippen molar-refractivity contribution in [1.82, 2.24) is 14.7 Å². The molecule has 0 saturated carbocycles. The second kappa shape index (κ2) is 8.60. The molecule has 2 N–H and O–H groups in total. The fraction of sp³-hybridized carbons (Fsp3) is 0.933. The van der Waals surface area contributed by atoms with Gasteiger partial charge in [-0.25, -0.2) is 0 Å². The van der Waals surface area contributed by atoms with Gasteiger partial charge in [-0.3, -0.25) is 4.79 Å². The Kier molecular flexibility index (Phi) is 7.48. The van der Waals surface area contributed by atoms with Crippen LogP contribution in [-0.4, -0.2) is 80.0 Å². The van der Waals surface area contributed by atoms with Gasteiger partial charge in [-0.15, -0.1) is 0 Å². The molecule has 0 aliphatic carbocycles. The molecule has 5 nitrogen and oxygen atoms in total. The predicted molar refractivity (Wildman–Crippen MR) is 83.7 cm³/mol. The van der Waals surface area contributed by atoms with E-state index in [1.54, 1.807) is 0 Å². The van der Waals surface area contributed by atoms with Gasteiger partial charge in [0, 0.05) is 31.6 Å². The number of nitrogens with two attached hydrogens (primary N) is 1. The van der Waals surface area contributed by atoms with Gasteiger partial charge in [0.1, 0.15) is 0 Å². The molecule has 0 aromatic heterocycles. The molecule has 20 heavy (non-hydrogen) atoms. The van der Waals surface area contributed by atoms with Crippen LogP contribution < -0.4 is 5.73 Å². The van der Waals surface area contributed by atoms with Crippen molar-refractivity contribution in [1.29, 1.82) is 0 Å². The number of nitrogens with zero attached hydrogens (tertiary/aromatic N) is 3. The third-order valence-electron chi connectivity index (χ3n) is 4.20. The summed E-state index contributed by atoms with van der Waals surface area (Å²) in [6.45, 7) is 5.93. The molecule has 1 atom stereocenters. The van der Waals surface area contributed by atoms with Gasteiger partial charge >= 0.3 is 0 Å². The molecule has 1 aliphatic rings. The van der Waals surface area contributed by atoms with E-state index in [-0.39, 0.29) is 11.9 Å². The molecule has 0 aromatic rings. The van der Waals surface area contributed by atoms with E-state index in [0.717, 1.165) is 45.4 Å². The molecule has 0 aromatic carbocycles. The molecule has 118 valence electrons. The Morgan fingerprint density at radius 1 is 1.30 bits per heavy atom. The van der Waals surface area contributed by atoms with Crippen LogP contribution >= 0.6 is 0 Å². The minimum Gasteiger partial charge on any atom is -0.338 e. The molecule has 0 radical (unpaired) electrons. The Balaban J connectivity index is 2.61. The second-order valence-electron chi connectivity index (χ2n) is 6.30. The van der Waals surface area contributed by atoms with Crippen molar-refractivity contribution in [3.63, 3.8) is 0 Å². The number of rotatable bonds is 7. The highest BCUT2D eigenvalue weighted by molar-refractivity contribution is 5.77. The fourth-order valence-corrected chi connectivity index (χ4v) is 2.61. The maximum absolute atomic E-state index is 12.5. The highest BCUT2D eigenvalue weighted by Gasteiger charge is 2.27. The summed E-state index contributed by atoms with van der Waals surface area (Å²) in [5.41, 5.74) is 5.95. The van der Waals surface area contributed by atoms with Crippen LogP contribution in [0.4, 0.5) is 0 Å². The minimum atomic E-state index is -0.00406. The van der Waals surface area contributed by atoms with Gasteiger partial charge in [-0.05, 0) is 53.5 Å². The molecule has 1 aliphatic heterocycles. The molecule has 1 rings (SSSR count). The predicted octanol–water partition coefficient (Wildman–Crippen LogP) is 0.598. The molecular formula is C15H32N4O. The van der Waals surface area contributed by atoms with Crippen LogP contribution in [-0.2, 0) is 4.79 Å². The normalized spacial score (nSPS) is 19.3. The topological polar surface area (TPSA) is 52.8 Å². The first kappa shape index (κ1) is 17.4. The van der Waals surface area contributed by atoms with Crippen LogP contribution in [0.3, 0.4) is 0 Å². The van der Waals surface area contributed by atoms with Gasteiger partial charge in [0.15, 0.2) is 0 Å². The standard InChI is InChI=1S/C15H32N4O/c1-5-13(16)12-15(20)19(11-10-17(2)3)14-6-8-18(4)9-7-14/h13-14H,5-12,16H2,1-4H3. The molecule has 1 unspecified atom stereocenters. The Morgan fingerprint density at radius 3 is 2.40 bits per heavy atom. The third-order valence-corrected chi connectivity index (χ3v) is 4.20. The molecule has 1 fully saturated rings. The number of likely N-dealkylation sites (N-methyl/N-ethyl adjacent to an activating group) is 1. The van der Waals surface area contributed by atoms with Crippen LogP contribution in [0.5, 0.6) is 0 Å². The van der Waals surface area contributed by atoms with Crippen LogP contribution in [0.1, 0.15) is 32.6 Å². The maximum Gasteiger partial charge on any atom is 0.224 e. The zero-order valence-corrected chi connectivity index (χ0v) is 13.6. The van der Waals surface area contributed by atoms with Crippen LogP contribution in [0, 0.1) is 0 Å². The monoisotopic (exact) mass is 284 g/mol. The molecular weight excluding hydrogens is 252 g/mol. The third kappa shape index (κ3) is 5.77. The highest BCUT2D eigenvalue weighted by Crippen LogP contribution is 2.17. The Morgan fingerprint density at radius 2 is 1.90 bits per heavy atom. The first-order valence-corrected chi connectivity index (χ1v) is 7.82. The minimum absolute atomic E-state index is 0.00406. The molecule has 0 bridgehead atoms. The summed E-state index contributed by atoms with van der Waals surface area (Å²) in [5.74, 6) is 0.232. The van der Waals surface area contributed by atoms with Gasteiger partial charge in [-0.1, -0.05) is 6.92 Å². The lowest BCUT2D eigenvalue weighted by Crippen LogP contribution is -2.49. The number of piperidine rings is 1. The summed E-state index contributed by atoms with van der Waals surface area (Å²) in [6.07, 6.45) is 3.50. The lowest BCUT2D eigenvalue weighted by molar-refractivity contribution is -0.135. The van der Waals surface area contributed by atoms with E-state index in [9.17, 15) is 4.79 Å². The van der Waals surface area contributed by atoms with Crippen molar-refractivity contribution in [3.05, 3.63) is 0 Å². The van der Waals surface area contributed by atoms with Crippen molar-refractivity contribution in [2.24, 2.45) is 5.73 Å². The van der Waals surface area contributed by atoms with Gasteiger partial charge in [0.25, 0.3) is 0 Å². The zero-order valence-electron chi connectivity index (χ0n) is 13.6. The average Bonchev–Trinajstić information content (AvgIpc) is 2.40. The first-order chi connectivity index (χ1) is 9.43.